The van der Waals surface area contributed by atoms with E-state index in [-0.39, 0.29) is 17.5 Å². The first-order chi connectivity index (χ1) is 18.5. The number of ether oxygens (including phenoxy) is 1. The second-order valence-corrected chi connectivity index (χ2v) is 10.6. The van der Waals surface area contributed by atoms with Crippen molar-refractivity contribution in [2.45, 2.75) is 58.5 Å². The van der Waals surface area contributed by atoms with Crippen molar-refractivity contribution in [3.8, 4) is 11.3 Å². The average Bonchev–Trinajstić information content (AvgIpc) is 3.25. The van der Waals surface area contributed by atoms with Gasteiger partial charge in [-0.3, -0.25) is 9.59 Å². The number of aromatic nitrogens is 3. The van der Waals surface area contributed by atoms with Gasteiger partial charge in [0.2, 0.25) is 0 Å². The van der Waals surface area contributed by atoms with Crippen LogP contribution in [-0.2, 0) is 11.2 Å². The van der Waals surface area contributed by atoms with Crippen LogP contribution in [0.2, 0.25) is 0 Å². The van der Waals surface area contributed by atoms with Crippen molar-refractivity contribution in [3.05, 3.63) is 65.2 Å². The van der Waals surface area contributed by atoms with Crippen LogP contribution in [0.25, 0.3) is 11.3 Å². The highest BCUT2D eigenvalue weighted by Gasteiger charge is 2.33. The molecule has 1 aliphatic heterocycles. The molecule has 1 saturated heterocycles. The molecule has 11 heteroatoms. The molecule has 11 nitrogen and oxygen atoms in total. The number of carbonyl (C=O) groups excluding carboxylic acids is 3. The molecule has 2 aromatic heterocycles. The molecule has 0 saturated carbocycles. The lowest BCUT2D eigenvalue weighted by Gasteiger charge is -2.33. The first kappa shape index (κ1) is 27.6. The number of amides is 3. The number of imidazole rings is 1. The van der Waals surface area contributed by atoms with Gasteiger partial charge in [0.15, 0.2) is 5.69 Å². The molecule has 5 N–H and O–H groups in total. The topological polar surface area (TPSA) is 158 Å². The Hall–Kier alpha value is -4.41. The maximum absolute atomic E-state index is 12.8. The van der Waals surface area contributed by atoms with Gasteiger partial charge >= 0.3 is 6.09 Å². The fraction of sp³-hybridized carbons (Fsp3) is 0.393. The Kier molecular flexibility index (Phi) is 7.89. The van der Waals surface area contributed by atoms with E-state index in [1.807, 2.05) is 39.8 Å². The lowest BCUT2D eigenvalue weighted by molar-refractivity contribution is 0.0195. The number of nitrogen functional groups attached to an aromatic ring is 1. The zero-order valence-electron chi connectivity index (χ0n) is 22.7. The molecule has 3 heterocycles. The van der Waals surface area contributed by atoms with Crippen molar-refractivity contribution < 1.29 is 19.1 Å². The maximum atomic E-state index is 12.8. The molecule has 0 bridgehead atoms. The monoisotopic (exact) mass is 533 g/mol. The van der Waals surface area contributed by atoms with Crippen LogP contribution in [0.3, 0.4) is 0 Å². The van der Waals surface area contributed by atoms with Crippen molar-refractivity contribution >= 4 is 23.7 Å². The van der Waals surface area contributed by atoms with Gasteiger partial charge in [-0.1, -0.05) is 19.1 Å². The number of primary amides is 1. The number of hydrogen-bond acceptors (Lipinski definition) is 7. The number of nitrogens with two attached hydrogens (primary N) is 2. The number of nitrogens with one attached hydrogen (secondary N) is 1. The molecule has 39 heavy (non-hydrogen) atoms. The van der Waals surface area contributed by atoms with E-state index in [4.69, 9.17) is 21.3 Å². The summed E-state index contributed by atoms with van der Waals surface area (Å²) >= 11 is 0. The first-order valence-electron chi connectivity index (χ1n) is 13.0. The van der Waals surface area contributed by atoms with Crippen molar-refractivity contribution in [2.24, 2.45) is 5.73 Å². The van der Waals surface area contributed by atoms with Crippen LogP contribution in [0.5, 0.6) is 0 Å². The summed E-state index contributed by atoms with van der Waals surface area (Å²) in [5, 5.41) is 2.80. The van der Waals surface area contributed by atoms with Crippen molar-refractivity contribution in [1.82, 2.24) is 19.5 Å². The smallest absolute Gasteiger partial charge is 0.410 e. The Morgan fingerprint density at radius 2 is 1.87 bits per heavy atom. The number of hydrogen-bond donors (Lipinski definition) is 3. The molecule has 1 aromatic carbocycles. The summed E-state index contributed by atoms with van der Waals surface area (Å²) < 4.78 is 6.74. The molecule has 3 amide bonds. The molecular formula is C28H35N7O4. The number of likely N-dealkylation sites (tertiary alicyclic amines) is 1. The molecule has 4 rings (SSSR count). The molecule has 1 fully saturated rings. The zero-order valence-corrected chi connectivity index (χ0v) is 22.7. The maximum Gasteiger partial charge on any atom is 0.410 e. The lowest BCUT2D eigenvalue weighted by atomic mass is 9.97. The molecule has 0 aliphatic carbocycles. The minimum absolute atomic E-state index is 0.0529. The van der Waals surface area contributed by atoms with Gasteiger partial charge in [-0.05, 0) is 69.9 Å². The normalized spacial score (nSPS) is 15.6. The quantitative estimate of drug-likeness (QED) is 0.408. The van der Waals surface area contributed by atoms with E-state index < -0.39 is 17.6 Å². The molecular weight excluding hydrogens is 498 g/mol. The van der Waals surface area contributed by atoms with E-state index >= 15 is 0 Å². The summed E-state index contributed by atoms with van der Waals surface area (Å²) in [7, 11) is 0. The number of pyridine rings is 1. The van der Waals surface area contributed by atoms with Crippen LogP contribution in [0.15, 0.2) is 42.6 Å². The number of piperidine rings is 1. The third-order valence-electron chi connectivity index (χ3n) is 6.50. The summed E-state index contributed by atoms with van der Waals surface area (Å²) in [5.41, 5.74) is 7.51. The van der Waals surface area contributed by atoms with Crippen LogP contribution in [-0.4, -0.2) is 56.1 Å². The Labute approximate surface area is 227 Å². The second kappa shape index (κ2) is 11.1. The molecule has 206 valence electrons. The van der Waals surface area contributed by atoms with E-state index in [0.29, 0.717) is 41.6 Å². The van der Waals surface area contributed by atoms with E-state index in [2.05, 4.69) is 10.3 Å². The van der Waals surface area contributed by atoms with Crippen LogP contribution in [0, 0.1) is 0 Å². The number of aryl methyl sites for hydroxylation is 1. The third kappa shape index (κ3) is 6.36. The zero-order chi connectivity index (χ0) is 28.3. The SMILES string of the molecule is CCc1ccnc(NC(=O)c2ccc(-c3nc([C@@H]4CCCN(C(=O)OC(C)(C)C)C4)n(N)c3C(N)=O)cc2)c1. The average molecular weight is 534 g/mol. The highest BCUT2D eigenvalue weighted by atomic mass is 16.6. The fourth-order valence-corrected chi connectivity index (χ4v) is 4.59. The summed E-state index contributed by atoms with van der Waals surface area (Å²) in [4.78, 5) is 48.3. The summed E-state index contributed by atoms with van der Waals surface area (Å²) in [6.07, 6.45) is 3.55. The number of benzene rings is 1. The molecule has 3 aromatic rings. The minimum Gasteiger partial charge on any atom is -0.444 e. The van der Waals surface area contributed by atoms with Gasteiger partial charge in [0.1, 0.15) is 22.9 Å². The van der Waals surface area contributed by atoms with Gasteiger partial charge in [0, 0.05) is 36.3 Å². The number of anilines is 1. The number of nitrogens with zero attached hydrogens (tertiary/aromatic N) is 4. The second-order valence-electron chi connectivity index (χ2n) is 10.6. The highest BCUT2D eigenvalue weighted by molar-refractivity contribution is 6.04. The minimum atomic E-state index is -0.727. The highest BCUT2D eigenvalue weighted by Crippen LogP contribution is 2.31. The predicted octanol–water partition coefficient (Wildman–Crippen LogP) is 3.69. The van der Waals surface area contributed by atoms with Gasteiger partial charge in [0.05, 0.1) is 0 Å². The van der Waals surface area contributed by atoms with Crippen molar-refractivity contribution in [2.75, 3.05) is 24.2 Å². The van der Waals surface area contributed by atoms with Crippen LogP contribution >= 0.6 is 0 Å². The van der Waals surface area contributed by atoms with E-state index in [0.717, 1.165) is 24.8 Å². The summed E-state index contributed by atoms with van der Waals surface area (Å²) in [6, 6.07) is 10.4. The molecule has 0 spiro atoms. The molecule has 0 unspecified atom stereocenters. The van der Waals surface area contributed by atoms with Crippen molar-refractivity contribution in [3.63, 3.8) is 0 Å². The van der Waals surface area contributed by atoms with Gasteiger partial charge in [-0.2, -0.15) is 0 Å². The van der Waals surface area contributed by atoms with Gasteiger partial charge < -0.3 is 26.5 Å². The summed E-state index contributed by atoms with van der Waals surface area (Å²) in [6.45, 7) is 8.40. The predicted molar refractivity (Wildman–Crippen MR) is 148 cm³/mol. The van der Waals surface area contributed by atoms with E-state index in [1.165, 1.54) is 4.68 Å². The van der Waals surface area contributed by atoms with E-state index in [9.17, 15) is 14.4 Å². The standard InChI is InChI=1S/C28H35N7O4/c1-5-17-12-13-31-21(15-17)32-26(37)19-10-8-18(9-11-19)22-23(24(29)36)35(30)25(33-22)20-7-6-14-34(16-20)27(38)39-28(2,3)4/h8-13,15,20H,5-7,14,16,30H2,1-4H3,(H2,29,36)(H,31,32,37)/t20-/m1/s1. The van der Waals surface area contributed by atoms with Gasteiger partial charge in [-0.25, -0.2) is 19.4 Å². The van der Waals surface area contributed by atoms with Crippen LogP contribution < -0.4 is 16.9 Å². The Bertz CT molecular complexity index is 1380. The molecule has 1 atom stereocenters. The molecule has 0 radical (unpaired) electrons. The van der Waals surface area contributed by atoms with Gasteiger partial charge in [-0.15, -0.1) is 0 Å². The molecule has 1 aliphatic rings. The Morgan fingerprint density at radius 1 is 1.15 bits per heavy atom. The van der Waals surface area contributed by atoms with Crippen LogP contribution in [0.1, 0.15) is 78.7 Å². The first-order valence-corrected chi connectivity index (χ1v) is 13.0. The van der Waals surface area contributed by atoms with Crippen LogP contribution in [0.4, 0.5) is 10.6 Å². The van der Waals surface area contributed by atoms with Crippen molar-refractivity contribution in [1.29, 1.82) is 0 Å². The number of carbonyl (C=O) groups is 3. The van der Waals surface area contributed by atoms with Gasteiger partial charge in [0.25, 0.3) is 11.8 Å². The Morgan fingerprint density at radius 3 is 2.51 bits per heavy atom. The third-order valence-corrected chi connectivity index (χ3v) is 6.50. The van der Waals surface area contributed by atoms with E-state index in [1.54, 1.807) is 35.4 Å². The largest absolute Gasteiger partial charge is 0.444 e. The Balaban J connectivity index is 1.56. The fourth-order valence-electron chi connectivity index (χ4n) is 4.59. The number of rotatable bonds is 6. The summed E-state index contributed by atoms with van der Waals surface area (Å²) in [5.74, 6) is 6.01. The lowest BCUT2D eigenvalue weighted by Crippen LogP contribution is -2.43.